The number of aliphatic hydroxyl groups is 1. The topological polar surface area (TPSA) is 38.0 Å². The lowest BCUT2D eigenvalue weighted by Crippen LogP contribution is -2.08. The summed E-state index contributed by atoms with van der Waals surface area (Å²) in [7, 11) is 0. The minimum atomic E-state index is -1.02. The first-order valence-electron chi connectivity index (χ1n) is 3.52. The molecule has 0 saturated heterocycles. The van der Waals surface area contributed by atoms with Crippen molar-refractivity contribution in [2.75, 3.05) is 6.61 Å². The number of rotatable bonds is 3. The van der Waals surface area contributed by atoms with Crippen molar-refractivity contribution in [3.05, 3.63) is 18.0 Å². The molecule has 0 amide bonds. The fourth-order valence-corrected chi connectivity index (χ4v) is 0.962. The minimum absolute atomic E-state index is 0.0125. The van der Waals surface area contributed by atoms with Crippen LogP contribution in [0.25, 0.3) is 0 Å². The predicted octanol–water partition coefficient (Wildman–Crippen LogP) is 0.906. The second kappa shape index (κ2) is 3.48. The summed E-state index contributed by atoms with van der Waals surface area (Å²) < 4.78 is 14.2. The van der Waals surface area contributed by atoms with E-state index in [0.29, 0.717) is 12.2 Å². The van der Waals surface area contributed by atoms with E-state index in [9.17, 15) is 4.39 Å². The van der Waals surface area contributed by atoms with E-state index >= 15 is 0 Å². The van der Waals surface area contributed by atoms with E-state index in [1.54, 1.807) is 6.07 Å². The number of aromatic nitrogens is 2. The van der Waals surface area contributed by atoms with Gasteiger partial charge in [-0.1, -0.05) is 0 Å². The van der Waals surface area contributed by atoms with Crippen molar-refractivity contribution < 1.29 is 9.50 Å². The molecule has 0 aromatic carbocycles. The number of aliphatic hydroxyl groups excluding tert-OH is 1. The van der Waals surface area contributed by atoms with Crippen LogP contribution in [0.5, 0.6) is 0 Å². The van der Waals surface area contributed by atoms with Crippen LogP contribution in [0.2, 0.25) is 0 Å². The van der Waals surface area contributed by atoms with Crippen molar-refractivity contribution >= 4 is 0 Å². The van der Waals surface area contributed by atoms with Crippen LogP contribution in [0.15, 0.2) is 12.3 Å². The monoisotopic (exact) mass is 158 g/mol. The Morgan fingerprint density at radius 2 is 2.55 bits per heavy atom. The summed E-state index contributed by atoms with van der Waals surface area (Å²) in [5, 5.41) is 12.4. The molecule has 0 radical (unpaired) electrons. The summed E-state index contributed by atoms with van der Waals surface area (Å²) in [5.74, 6) is 0. The highest BCUT2D eigenvalue weighted by molar-refractivity contribution is 5.03. The van der Waals surface area contributed by atoms with Crippen molar-refractivity contribution in [3.8, 4) is 0 Å². The standard InChI is InChI=1S/C7H11FN2O/c1-6(8)7-2-3-9-10(7)4-5-11/h2-3,6,11H,4-5H2,1H3. The van der Waals surface area contributed by atoms with Gasteiger partial charge in [0, 0.05) is 6.20 Å². The molecule has 1 unspecified atom stereocenters. The fraction of sp³-hybridized carbons (Fsp3) is 0.571. The zero-order chi connectivity index (χ0) is 8.27. The zero-order valence-electron chi connectivity index (χ0n) is 6.37. The number of halogens is 1. The Hall–Kier alpha value is -0.900. The van der Waals surface area contributed by atoms with Gasteiger partial charge in [-0.2, -0.15) is 5.10 Å². The molecule has 0 spiro atoms. The second-order valence-electron chi connectivity index (χ2n) is 2.32. The summed E-state index contributed by atoms with van der Waals surface area (Å²) in [6, 6.07) is 1.61. The highest BCUT2D eigenvalue weighted by Crippen LogP contribution is 2.14. The summed E-state index contributed by atoms with van der Waals surface area (Å²) >= 11 is 0. The molecular formula is C7H11FN2O. The molecule has 1 N–H and O–H groups in total. The van der Waals surface area contributed by atoms with Gasteiger partial charge in [0.05, 0.1) is 18.8 Å². The van der Waals surface area contributed by atoms with Crippen molar-refractivity contribution in [1.29, 1.82) is 0 Å². The molecule has 62 valence electrons. The minimum Gasteiger partial charge on any atom is -0.394 e. The third kappa shape index (κ3) is 1.77. The molecule has 0 bridgehead atoms. The van der Waals surface area contributed by atoms with E-state index in [1.807, 2.05) is 0 Å². The number of hydrogen-bond donors (Lipinski definition) is 1. The van der Waals surface area contributed by atoms with Gasteiger partial charge in [0.2, 0.25) is 0 Å². The van der Waals surface area contributed by atoms with Crippen LogP contribution < -0.4 is 0 Å². The third-order valence-electron chi connectivity index (χ3n) is 1.47. The predicted molar refractivity (Wildman–Crippen MR) is 38.8 cm³/mol. The van der Waals surface area contributed by atoms with Gasteiger partial charge in [-0.15, -0.1) is 0 Å². The third-order valence-corrected chi connectivity index (χ3v) is 1.47. The van der Waals surface area contributed by atoms with Crippen LogP contribution in [0.3, 0.4) is 0 Å². The summed E-state index contributed by atoms with van der Waals surface area (Å²) in [6.07, 6.45) is 0.505. The summed E-state index contributed by atoms with van der Waals surface area (Å²) in [5.41, 5.74) is 0.513. The Kier molecular flexibility index (Phi) is 2.59. The smallest absolute Gasteiger partial charge is 0.139 e. The number of hydrogen-bond acceptors (Lipinski definition) is 2. The molecule has 1 heterocycles. The van der Waals surface area contributed by atoms with Gasteiger partial charge in [-0.25, -0.2) is 4.39 Å². The second-order valence-corrected chi connectivity index (χ2v) is 2.32. The quantitative estimate of drug-likeness (QED) is 0.709. The summed E-state index contributed by atoms with van der Waals surface area (Å²) in [4.78, 5) is 0. The van der Waals surface area contributed by atoms with E-state index in [0.717, 1.165) is 0 Å². The van der Waals surface area contributed by atoms with E-state index in [2.05, 4.69) is 5.10 Å². The first-order valence-corrected chi connectivity index (χ1v) is 3.52. The Morgan fingerprint density at radius 1 is 1.82 bits per heavy atom. The molecule has 4 heteroatoms. The van der Waals surface area contributed by atoms with Crippen molar-refractivity contribution in [2.24, 2.45) is 0 Å². The SMILES string of the molecule is CC(F)c1ccnn1CCO. The van der Waals surface area contributed by atoms with E-state index in [1.165, 1.54) is 17.8 Å². The van der Waals surface area contributed by atoms with Crippen LogP contribution in [-0.2, 0) is 6.54 Å². The Labute approximate surface area is 64.5 Å². The van der Waals surface area contributed by atoms with Gasteiger partial charge >= 0.3 is 0 Å². The largest absolute Gasteiger partial charge is 0.394 e. The van der Waals surface area contributed by atoms with Crippen LogP contribution in [-0.4, -0.2) is 21.5 Å². The molecule has 1 atom stereocenters. The first-order chi connectivity index (χ1) is 5.25. The van der Waals surface area contributed by atoms with Crippen LogP contribution >= 0.6 is 0 Å². The van der Waals surface area contributed by atoms with Crippen molar-refractivity contribution in [3.63, 3.8) is 0 Å². The highest BCUT2D eigenvalue weighted by Gasteiger charge is 2.07. The van der Waals surface area contributed by atoms with Gasteiger partial charge in [-0.05, 0) is 13.0 Å². The summed E-state index contributed by atoms with van der Waals surface area (Å²) in [6.45, 7) is 1.79. The average Bonchev–Trinajstić information content (AvgIpc) is 2.36. The lowest BCUT2D eigenvalue weighted by Gasteiger charge is -2.05. The van der Waals surface area contributed by atoms with E-state index in [4.69, 9.17) is 5.11 Å². The Bertz CT molecular complexity index is 222. The van der Waals surface area contributed by atoms with Gasteiger partial charge in [0.1, 0.15) is 6.17 Å². The molecule has 1 aromatic rings. The molecule has 0 aliphatic heterocycles. The highest BCUT2D eigenvalue weighted by atomic mass is 19.1. The number of alkyl halides is 1. The van der Waals surface area contributed by atoms with Crippen molar-refractivity contribution in [1.82, 2.24) is 9.78 Å². The molecule has 0 saturated carbocycles. The van der Waals surface area contributed by atoms with Gasteiger partial charge < -0.3 is 5.11 Å². The Balaban J connectivity index is 2.78. The maximum atomic E-state index is 12.7. The average molecular weight is 158 g/mol. The maximum absolute atomic E-state index is 12.7. The van der Waals surface area contributed by atoms with E-state index < -0.39 is 6.17 Å². The maximum Gasteiger partial charge on any atom is 0.139 e. The molecule has 1 aromatic heterocycles. The molecule has 3 nitrogen and oxygen atoms in total. The van der Waals surface area contributed by atoms with E-state index in [-0.39, 0.29) is 6.61 Å². The molecule has 0 aliphatic carbocycles. The van der Waals surface area contributed by atoms with Crippen molar-refractivity contribution in [2.45, 2.75) is 19.6 Å². The molecule has 0 fully saturated rings. The normalized spacial score (nSPS) is 13.4. The van der Waals surface area contributed by atoms with Gasteiger partial charge in [0.25, 0.3) is 0 Å². The molecule has 1 rings (SSSR count). The van der Waals surface area contributed by atoms with Gasteiger partial charge in [-0.3, -0.25) is 4.68 Å². The first kappa shape index (κ1) is 8.20. The molecule has 11 heavy (non-hydrogen) atoms. The molecular weight excluding hydrogens is 147 g/mol. The lowest BCUT2D eigenvalue weighted by atomic mass is 10.3. The zero-order valence-corrected chi connectivity index (χ0v) is 6.37. The fourth-order valence-electron chi connectivity index (χ4n) is 0.962. The van der Waals surface area contributed by atoms with Crippen LogP contribution in [0, 0.1) is 0 Å². The Morgan fingerprint density at radius 3 is 3.09 bits per heavy atom. The van der Waals surface area contributed by atoms with Crippen LogP contribution in [0.1, 0.15) is 18.8 Å². The van der Waals surface area contributed by atoms with Gasteiger partial charge in [0.15, 0.2) is 0 Å². The lowest BCUT2D eigenvalue weighted by molar-refractivity contribution is 0.259. The number of nitrogens with zero attached hydrogens (tertiary/aromatic N) is 2. The molecule has 0 aliphatic rings. The van der Waals surface area contributed by atoms with Crippen LogP contribution in [0.4, 0.5) is 4.39 Å².